The number of rotatable bonds is 4. The summed E-state index contributed by atoms with van der Waals surface area (Å²) in [5, 5.41) is 10.9. The van der Waals surface area contributed by atoms with Crippen molar-refractivity contribution in [3.05, 3.63) is 62.9 Å². The van der Waals surface area contributed by atoms with Gasteiger partial charge < -0.3 is 19.4 Å². The predicted molar refractivity (Wildman–Crippen MR) is 128 cm³/mol. The van der Waals surface area contributed by atoms with Crippen molar-refractivity contribution >= 4 is 62.2 Å². The predicted octanol–water partition coefficient (Wildman–Crippen LogP) is 5.25. The van der Waals surface area contributed by atoms with Gasteiger partial charge in [-0.05, 0) is 59.0 Å². The number of carboxylic acids is 1. The van der Waals surface area contributed by atoms with E-state index in [0.717, 1.165) is 16.5 Å². The van der Waals surface area contributed by atoms with Crippen molar-refractivity contribution in [2.45, 2.75) is 12.5 Å². The maximum Gasteiger partial charge on any atom is 0.332 e. The second-order valence-corrected chi connectivity index (χ2v) is 8.85. The van der Waals surface area contributed by atoms with Gasteiger partial charge in [-0.1, -0.05) is 17.7 Å². The lowest BCUT2D eigenvalue weighted by Gasteiger charge is -2.18. The third kappa shape index (κ3) is 3.70. The maximum atomic E-state index is 11.4. The summed E-state index contributed by atoms with van der Waals surface area (Å²) in [7, 11) is 2.00. The summed E-state index contributed by atoms with van der Waals surface area (Å²) in [6, 6.07) is 10.2. The van der Waals surface area contributed by atoms with Gasteiger partial charge in [0.2, 0.25) is 0 Å². The van der Waals surface area contributed by atoms with E-state index in [9.17, 15) is 9.90 Å². The lowest BCUT2D eigenvalue weighted by atomic mass is 10.0. The Bertz CT molecular complexity index is 1420. The van der Waals surface area contributed by atoms with E-state index >= 15 is 0 Å². The van der Waals surface area contributed by atoms with Gasteiger partial charge in [0.05, 0.1) is 21.8 Å². The van der Waals surface area contributed by atoms with E-state index in [1.165, 1.54) is 0 Å². The molecular weight excluding hydrogens is 531 g/mol. The minimum absolute atomic E-state index is 0.262. The van der Waals surface area contributed by atoms with Gasteiger partial charge in [0.15, 0.2) is 5.65 Å². The molecule has 1 unspecified atom stereocenters. The monoisotopic (exact) mass is 546 g/mol. The van der Waals surface area contributed by atoms with Crippen molar-refractivity contribution in [3.63, 3.8) is 0 Å². The van der Waals surface area contributed by atoms with E-state index in [4.69, 9.17) is 16.3 Å². The van der Waals surface area contributed by atoms with Crippen LogP contribution in [-0.2, 0) is 11.8 Å². The average molecular weight is 547 g/mol. The number of fused-ring (bicyclic) bond motifs is 2. The molecule has 0 saturated heterocycles. The molecule has 1 aliphatic carbocycles. The highest BCUT2D eigenvalue weighted by atomic mass is 127. The Hall–Kier alpha value is -2.85. The molecule has 0 saturated carbocycles. The zero-order chi connectivity index (χ0) is 21.7. The van der Waals surface area contributed by atoms with Crippen molar-refractivity contribution < 1.29 is 14.6 Å². The Labute approximate surface area is 195 Å². The Kier molecular flexibility index (Phi) is 4.98. The van der Waals surface area contributed by atoms with Crippen LogP contribution < -0.4 is 4.74 Å². The summed E-state index contributed by atoms with van der Waals surface area (Å²) in [5.74, 6) is -0.944. The van der Waals surface area contributed by atoms with Crippen LogP contribution in [0.2, 0.25) is 5.02 Å². The van der Waals surface area contributed by atoms with Crippen LogP contribution in [0.5, 0.6) is 6.01 Å². The molecule has 0 spiro atoms. The number of benzene rings is 1. The molecule has 0 fully saturated rings. The molecule has 4 aromatic rings. The quantitative estimate of drug-likeness (QED) is 0.341. The molecule has 3 heterocycles. The number of imidazole rings is 1. The van der Waals surface area contributed by atoms with Crippen molar-refractivity contribution in [3.8, 4) is 17.3 Å². The number of hydrogen-bond donors (Lipinski definition) is 2. The molecule has 2 N–H and O–H groups in total. The molecule has 1 aliphatic rings. The highest BCUT2D eigenvalue weighted by Crippen LogP contribution is 2.32. The van der Waals surface area contributed by atoms with E-state index < -0.39 is 12.1 Å². The zero-order valence-electron chi connectivity index (χ0n) is 16.3. The minimum atomic E-state index is -0.944. The van der Waals surface area contributed by atoms with Crippen LogP contribution in [0.3, 0.4) is 0 Å². The Morgan fingerprint density at radius 1 is 1.32 bits per heavy atom. The van der Waals surface area contributed by atoms with Crippen LogP contribution in [0.1, 0.15) is 6.42 Å². The van der Waals surface area contributed by atoms with Gasteiger partial charge in [-0.25, -0.2) is 9.78 Å². The number of H-pyrrole nitrogens is 1. The molecule has 5 rings (SSSR count). The van der Waals surface area contributed by atoms with Crippen LogP contribution in [0.15, 0.2) is 57.8 Å². The lowest BCUT2D eigenvalue weighted by molar-refractivity contribution is -0.133. The second kappa shape index (κ2) is 7.69. The summed E-state index contributed by atoms with van der Waals surface area (Å²) in [4.78, 5) is 23.5. The van der Waals surface area contributed by atoms with Gasteiger partial charge in [0.1, 0.15) is 6.10 Å². The van der Waals surface area contributed by atoms with E-state index in [1.54, 1.807) is 12.1 Å². The SMILES string of the molecule is Cn1ccc2cc(-c3nc4nc(OC5C=CC(I)=C(C(=O)O)C5)[nH]c4cc3Cl)ccc21. The fourth-order valence-corrected chi connectivity index (χ4v) is 4.57. The van der Waals surface area contributed by atoms with Crippen LogP contribution in [-0.4, -0.2) is 36.7 Å². The number of halogens is 2. The molecule has 9 heteroatoms. The Balaban J connectivity index is 1.45. The third-order valence-electron chi connectivity index (χ3n) is 5.24. The zero-order valence-corrected chi connectivity index (χ0v) is 19.2. The third-order valence-corrected chi connectivity index (χ3v) is 6.53. The van der Waals surface area contributed by atoms with Crippen molar-refractivity contribution in [2.24, 2.45) is 7.05 Å². The van der Waals surface area contributed by atoms with E-state index in [0.29, 0.717) is 31.0 Å². The number of carboxylic acid groups (broad SMARTS) is 1. The normalized spacial score (nSPS) is 16.4. The lowest BCUT2D eigenvalue weighted by Crippen LogP contribution is -2.21. The summed E-state index contributed by atoms with van der Waals surface area (Å²) >= 11 is 8.54. The highest BCUT2D eigenvalue weighted by Gasteiger charge is 2.23. The number of allylic oxidation sites excluding steroid dienone is 2. The number of carbonyl (C=O) groups is 1. The van der Waals surface area contributed by atoms with Crippen molar-refractivity contribution in [1.29, 1.82) is 0 Å². The second-order valence-electron chi connectivity index (χ2n) is 7.28. The van der Waals surface area contributed by atoms with Crippen LogP contribution in [0.25, 0.3) is 33.3 Å². The number of aliphatic carboxylic acids is 1. The van der Waals surface area contributed by atoms with Gasteiger partial charge in [-0.3, -0.25) is 0 Å². The largest absolute Gasteiger partial charge is 0.478 e. The molecule has 7 nitrogen and oxygen atoms in total. The van der Waals surface area contributed by atoms with Crippen LogP contribution in [0.4, 0.5) is 0 Å². The molecule has 1 aromatic carbocycles. The molecule has 0 aliphatic heterocycles. The number of aromatic nitrogens is 4. The van der Waals surface area contributed by atoms with Gasteiger partial charge in [-0.2, -0.15) is 4.98 Å². The number of nitrogens with one attached hydrogen (secondary N) is 1. The Morgan fingerprint density at radius 2 is 2.16 bits per heavy atom. The number of nitrogens with zero attached hydrogens (tertiary/aromatic N) is 3. The van der Waals surface area contributed by atoms with Gasteiger partial charge >= 0.3 is 5.97 Å². The smallest absolute Gasteiger partial charge is 0.332 e. The molecule has 0 radical (unpaired) electrons. The van der Waals surface area contributed by atoms with E-state index in [1.807, 2.05) is 66.2 Å². The van der Waals surface area contributed by atoms with Crippen molar-refractivity contribution in [2.75, 3.05) is 0 Å². The molecule has 0 bridgehead atoms. The van der Waals surface area contributed by atoms with Gasteiger partial charge in [0.25, 0.3) is 6.01 Å². The molecule has 3 aromatic heterocycles. The van der Waals surface area contributed by atoms with Crippen LogP contribution in [0, 0.1) is 0 Å². The molecule has 31 heavy (non-hydrogen) atoms. The average Bonchev–Trinajstić information content (AvgIpc) is 3.30. The molecule has 0 amide bonds. The molecular formula is C22H16ClIN4O3. The standard InChI is InChI=1S/C22H16ClIN4O3/c1-28-7-6-11-8-12(2-5-18(11)28)19-15(23)10-17-20(26-19)27-22(25-17)31-13-3-4-16(24)14(9-13)21(29)30/h2-8,10,13H,9H2,1H3,(H,29,30)(H,25,26,27). The Morgan fingerprint density at radius 3 is 2.97 bits per heavy atom. The first-order chi connectivity index (χ1) is 14.9. The van der Waals surface area contributed by atoms with E-state index in [-0.39, 0.29) is 12.4 Å². The fourth-order valence-electron chi connectivity index (χ4n) is 3.66. The maximum absolute atomic E-state index is 11.4. The van der Waals surface area contributed by atoms with Crippen molar-refractivity contribution in [1.82, 2.24) is 19.5 Å². The first kappa shape index (κ1) is 20.1. The number of pyridine rings is 1. The molecule has 156 valence electrons. The van der Waals surface area contributed by atoms with E-state index in [2.05, 4.69) is 19.5 Å². The number of aryl methyl sites for hydroxylation is 1. The summed E-state index contributed by atoms with van der Waals surface area (Å²) in [5.41, 5.74) is 4.11. The number of aromatic amines is 1. The van der Waals surface area contributed by atoms with Gasteiger partial charge in [-0.15, -0.1) is 0 Å². The minimum Gasteiger partial charge on any atom is -0.478 e. The topological polar surface area (TPSA) is 93.0 Å². The first-order valence-electron chi connectivity index (χ1n) is 9.47. The van der Waals surface area contributed by atoms with Gasteiger partial charge in [0, 0.05) is 39.7 Å². The summed E-state index contributed by atoms with van der Waals surface area (Å²) in [6.45, 7) is 0. The number of ether oxygens (including phenoxy) is 1. The summed E-state index contributed by atoms with van der Waals surface area (Å²) < 4.78 is 8.63. The fraction of sp³-hybridized carbons (Fsp3) is 0.136. The van der Waals surface area contributed by atoms with Crippen LogP contribution >= 0.6 is 34.2 Å². The number of hydrogen-bond acceptors (Lipinski definition) is 4. The summed E-state index contributed by atoms with van der Waals surface area (Å²) in [6.07, 6.45) is 5.41. The highest BCUT2D eigenvalue weighted by molar-refractivity contribution is 14.1. The molecule has 1 atom stereocenters. The first-order valence-corrected chi connectivity index (χ1v) is 10.9.